The van der Waals surface area contributed by atoms with E-state index >= 15 is 0 Å². The summed E-state index contributed by atoms with van der Waals surface area (Å²) in [5, 5.41) is 3.25. The highest BCUT2D eigenvalue weighted by atomic mass is 15.3. The van der Waals surface area contributed by atoms with Gasteiger partial charge in [0.15, 0.2) is 0 Å². The van der Waals surface area contributed by atoms with Gasteiger partial charge in [-0.3, -0.25) is 4.90 Å². The summed E-state index contributed by atoms with van der Waals surface area (Å²) in [5.41, 5.74) is 1.37. The topological polar surface area (TPSA) is 44.3 Å². The van der Waals surface area contributed by atoms with Crippen molar-refractivity contribution in [2.24, 2.45) is 0 Å². The molecule has 3 rings (SSSR count). The fourth-order valence-corrected chi connectivity index (χ4v) is 2.96. The molecule has 0 bridgehead atoms. The van der Waals surface area contributed by atoms with Crippen molar-refractivity contribution >= 4 is 11.6 Å². The third-order valence-electron chi connectivity index (χ3n) is 4.20. The first kappa shape index (κ1) is 16.5. The molecule has 1 aromatic heterocycles. The number of piperazine rings is 1. The Bertz CT molecular complexity index is 663. The lowest BCUT2D eigenvalue weighted by atomic mass is 10.2. The van der Waals surface area contributed by atoms with Gasteiger partial charge in [-0.2, -0.15) is 0 Å². The number of aromatic nitrogens is 2. The Morgan fingerprint density at radius 1 is 1.12 bits per heavy atom. The van der Waals surface area contributed by atoms with Crippen LogP contribution in [-0.4, -0.2) is 47.6 Å². The zero-order chi connectivity index (χ0) is 16.8. The molecule has 1 aliphatic rings. The van der Waals surface area contributed by atoms with Gasteiger partial charge in [-0.1, -0.05) is 36.4 Å². The Hall–Kier alpha value is -2.40. The van der Waals surface area contributed by atoms with Crippen LogP contribution in [0.4, 0.5) is 11.6 Å². The summed E-state index contributed by atoms with van der Waals surface area (Å²) >= 11 is 0. The third kappa shape index (κ3) is 4.32. The second kappa shape index (κ2) is 7.93. The van der Waals surface area contributed by atoms with Gasteiger partial charge < -0.3 is 10.2 Å². The van der Waals surface area contributed by atoms with Gasteiger partial charge in [-0.25, -0.2) is 9.97 Å². The first-order valence-electron chi connectivity index (χ1n) is 8.46. The van der Waals surface area contributed by atoms with Crippen molar-refractivity contribution in [3.05, 3.63) is 60.4 Å². The number of anilines is 2. The van der Waals surface area contributed by atoms with Gasteiger partial charge in [0.25, 0.3) is 0 Å². The Balaban J connectivity index is 1.60. The molecule has 5 heteroatoms. The van der Waals surface area contributed by atoms with E-state index in [0.29, 0.717) is 6.54 Å². The SMILES string of the molecule is C=CCNc1cc(N2CCN(Cc3ccccc3)CC2)nc(C)n1. The average molecular weight is 323 g/mol. The maximum atomic E-state index is 4.61. The van der Waals surface area contributed by atoms with Crippen LogP contribution in [0.2, 0.25) is 0 Å². The van der Waals surface area contributed by atoms with Gasteiger partial charge >= 0.3 is 0 Å². The highest BCUT2D eigenvalue weighted by Crippen LogP contribution is 2.18. The molecule has 0 aliphatic carbocycles. The highest BCUT2D eigenvalue weighted by Gasteiger charge is 2.19. The van der Waals surface area contributed by atoms with Crippen LogP contribution >= 0.6 is 0 Å². The van der Waals surface area contributed by atoms with Crippen LogP contribution in [0, 0.1) is 6.92 Å². The molecular weight excluding hydrogens is 298 g/mol. The summed E-state index contributed by atoms with van der Waals surface area (Å²) in [6.07, 6.45) is 1.83. The Labute approximate surface area is 144 Å². The first-order valence-corrected chi connectivity index (χ1v) is 8.46. The fraction of sp³-hybridized carbons (Fsp3) is 0.368. The minimum atomic E-state index is 0.709. The number of aryl methyl sites for hydroxylation is 1. The lowest BCUT2D eigenvalue weighted by Crippen LogP contribution is -2.46. The summed E-state index contributed by atoms with van der Waals surface area (Å²) < 4.78 is 0. The van der Waals surface area contributed by atoms with Gasteiger partial charge in [0.05, 0.1) is 0 Å². The predicted octanol–water partition coefficient (Wildman–Crippen LogP) is 2.71. The van der Waals surface area contributed by atoms with E-state index in [-0.39, 0.29) is 0 Å². The van der Waals surface area contributed by atoms with E-state index in [1.54, 1.807) is 0 Å². The van der Waals surface area contributed by atoms with Crippen molar-refractivity contribution in [1.29, 1.82) is 0 Å². The maximum absolute atomic E-state index is 4.61. The summed E-state index contributed by atoms with van der Waals surface area (Å²) in [6, 6.07) is 12.7. The largest absolute Gasteiger partial charge is 0.366 e. The molecule has 0 radical (unpaired) electrons. The monoisotopic (exact) mass is 323 g/mol. The van der Waals surface area contributed by atoms with E-state index in [1.165, 1.54) is 5.56 Å². The zero-order valence-corrected chi connectivity index (χ0v) is 14.3. The first-order chi connectivity index (χ1) is 11.7. The van der Waals surface area contributed by atoms with Gasteiger partial charge in [0, 0.05) is 45.3 Å². The third-order valence-corrected chi connectivity index (χ3v) is 4.20. The zero-order valence-electron chi connectivity index (χ0n) is 14.3. The molecule has 5 nitrogen and oxygen atoms in total. The minimum Gasteiger partial charge on any atom is -0.366 e. The smallest absolute Gasteiger partial charge is 0.134 e. The van der Waals surface area contributed by atoms with Gasteiger partial charge in [-0.15, -0.1) is 6.58 Å². The van der Waals surface area contributed by atoms with E-state index in [2.05, 4.69) is 62.0 Å². The van der Waals surface area contributed by atoms with E-state index < -0.39 is 0 Å². The summed E-state index contributed by atoms with van der Waals surface area (Å²) in [4.78, 5) is 13.9. The molecule has 24 heavy (non-hydrogen) atoms. The molecule has 1 N–H and O–H groups in total. The lowest BCUT2D eigenvalue weighted by molar-refractivity contribution is 0.249. The molecule has 0 saturated carbocycles. The molecular formula is C19H25N5. The van der Waals surface area contributed by atoms with Crippen LogP contribution < -0.4 is 10.2 Å². The molecule has 0 atom stereocenters. The second-order valence-electron chi connectivity index (χ2n) is 6.08. The molecule has 2 aromatic rings. The second-order valence-corrected chi connectivity index (χ2v) is 6.08. The van der Waals surface area contributed by atoms with Crippen molar-refractivity contribution in [1.82, 2.24) is 14.9 Å². The van der Waals surface area contributed by atoms with E-state index in [4.69, 9.17) is 0 Å². The van der Waals surface area contributed by atoms with Crippen molar-refractivity contribution in [3.8, 4) is 0 Å². The van der Waals surface area contributed by atoms with Gasteiger partial charge in [0.1, 0.15) is 17.5 Å². The van der Waals surface area contributed by atoms with Crippen LogP contribution in [0.1, 0.15) is 11.4 Å². The highest BCUT2D eigenvalue weighted by molar-refractivity contribution is 5.50. The molecule has 1 aromatic carbocycles. The normalized spacial score (nSPS) is 15.3. The number of rotatable bonds is 6. The maximum Gasteiger partial charge on any atom is 0.134 e. The summed E-state index contributed by atoms with van der Waals surface area (Å²) in [5.74, 6) is 2.67. The van der Waals surface area contributed by atoms with Crippen molar-refractivity contribution in [2.75, 3.05) is 42.9 Å². The number of hydrogen-bond acceptors (Lipinski definition) is 5. The van der Waals surface area contributed by atoms with Crippen LogP contribution in [-0.2, 0) is 6.54 Å². The van der Waals surface area contributed by atoms with E-state index in [0.717, 1.165) is 50.2 Å². The molecule has 1 fully saturated rings. The number of nitrogens with zero attached hydrogens (tertiary/aromatic N) is 4. The summed E-state index contributed by atoms with van der Waals surface area (Å²) in [7, 11) is 0. The molecule has 0 unspecified atom stereocenters. The number of hydrogen-bond donors (Lipinski definition) is 1. The van der Waals surface area contributed by atoms with Crippen LogP contribution in [0.3, 0.4) is 0 Å². The quantitative estimate of drug-likeness (QED) is 0.828. The van der Waals surface area contributed by atoms with Crippen LogP contribution in [0.25, 0.3) is 0 Å². The van der Waals surface area contributed by atoms with Crippen molar-refractivity contribution in [2.45, 2.75) is 13.5 Å². The minimum absolute atomic E-state index is 0.709. The average Bonchev–Trinajstić information content (AvgIpc) is 2.61. The Morgan fingerprint density at radius 2 is 1.88 bits per heavy atom. The lowest BCUT2D eigenvalue weighted by Gasteiger charge is -2.35. The van der Waals surface area contributed by atoms with Crippen LogP contribution in [0.15, 0.2) is 49.1 Å². The van der Waals surface area contributed by atoms with Crippen molar-refractivity contribution in [3.63, 3.8) is 0 Å². The number of benzene rings is 1. The standard InChI is InChI=1S/C19H25N5/c1-3-9-20-18-14-19(22-16(2)21-18)24-12-10-23(11-13-24)15-17-7-5-4-6-8-17/h3-8,14H,1,9-13,15H2,2H3,(H,20,21,22). The molecule has 1 saturated heterocycles. The Kier molecular flexibility index (Phi) is 5.43. The van der Waals surface area contributed by atoms with Gasteiger partial charge in [-0.05, 0) is 12.5 Å². The van der Waals surface area contributed by atoms with Crippen molar-refractivity contribution < 1.29 is 0 Å². The predicted molar refractivity (Wildman–Crippen MR) is 99.4 cm³/mol. The van der Waals surface area contributed by atoms with E-state index in [1.807, 2.05) is 19.1 Å². The summed E-state index contributed by atoms with van der Waals surface area (Å²) in [6.45, 7) is 11.5. The number of nitrogens with one attached hydrogen (secondary N) is 1. The van der Waals surface area contributed by atoms with Gasteiger partial charge in [0.2, 0.25) is 0 Å². The Morgan fingerprint density at radius 3 is 2.58 bits per heavy atom. The van der Waals surface area contributed by atoms with Crippen LogP contribution in [0.5, 0.6) is 0 Å². The molecule has 1 aliphatic heterocycles. The van der Waals surface area contributed by atoms with E-state index in [9.17, 15) is 0 Å². The fourth-order valence-electron chi connectivity index (χ4n) is 2.96. The molecule has 126 valence electrons. The molecule has 0 spiro atoms. The molecule has 0 amide bonds. The molecule has 2 heterocycles.